The number of hydrogen-bond acceptors (Lipinski definition) is 5. The molecule has 0 fully saturated rings. The Kier molecular flexibility index (Phi) is 7.44. The van der Waals surface area contributed by atoms with Gasteiger partial charge in [-0.1, -0.05) is 56.1 Å². The smallest absolute Gasteiger partial charge is 0.257 e. The number of hydrogen-bond donors (Lipinski definition) is 1. The quantitative estimate of drug-likeness (QED) is 0.438. The van der Waals surface area contributed by atoms with Gasteiger partial charge in [0.05, 0.1) is 10.7 Å². The Morgan fingerprint density at radius 2 is 1.85 bits per heavy atom. The predicted octanol–water partition coefficient (Wildman–Crippen LogP) is 5.58. The highest BCUT2D eigenvalue weighted by Crippen LogP contribution is 2.28. The molecule has 1 aromatic heterocycles. The van der Waals surface area contributed by atoms with Gasteiger partial charge in [0.2, 0.25) is 5.28 Å². The van der Waals surface area contributed by atoms with Gasteiger partial charge in [0.1, 0.15) is 18.7 Å². The van der Waals surface area contributed by atoms with E-state index in [1.165, 1.54) is 6.33 Å². The molecule has 1 amide bonds. The maximum absolute atomic E-state index is 13.2. The molecule has 3 aromatic rings. The summed E-state index contributed by atoms with van der Waals surface area (Å²) >= 11 is 12.1. The highest BCUT2D eigenvalue weighted by molar-refractivity contribution is 6.34. The minimum Gasteiger partial charge on any atom is -0.489 e. The Morgan fingerprint density at radius 1 is 1.12 bits per heavy atom. The third-order valence-corrected chi connectivity index (χ3v) is 5.50. The zero-order valence-corrected chi connectivity index (χ0v) is 20.7. The number of nitrogens with one attached hydrogen (secondary N) is 1. The standard InChI is InChI=1S/C24H26Cl2N4O3/c1-14-6-9-19(15(2)10-14)33-12-16-7-8-17(25)18(11-16)28-22(32)20(21(31)24(3,4)5)30-13-27-23(26)29-30/h6-11,13,20H,12H2,1-5H3,(H,28,32). The number of halogens is 2. The van der Waals surface area contributed by atoms with Gasteiger partial charge in [-0.15, -0.1) is 5.10 Å². The fraction of sp³-hybridized carbons (Fsp3) is 0.333. The van der Waals surface area contributed by atoms with Crippen LogP contribution in [0.2, 0.25) is 10.3 Å². The van der Waals surface area contributed by atoms with E-state index in [9.17, 15) is 9.59 Å². The Morgan fingerprint density at radius 3 is 2.45 bits per heavy atom. The van der Waals surface area contributed by atoms with Crippen LogP contribution in [0.3, 0.4) is 0 Å². The number of aromatic nitrogens is 3. The molecule has 9 heteroatoms. The van der Waals surface area contributed by atoms with Crippen LogP contribution in [-0.2, 0) is 16.2 Å². The number of aryl methyl sites for hydroxylation is 2. The second-order valence-corrected chi connectivity index (χ2v) is 9.62. The number of benzene rings is 2. The summed E-state index contributed by atoms with van der Waals surface area (Å²) in [6.07, 6.45) is 1.26. The largest absolute Gasteiger partial charge is 0.489 e. The van der Waals surface area contributed by atoms with Gasteiger partial charge in [-0.2, -0.15) is 0 Å². The molecular formula is C24H26Cl2N4O3. The van der Waals surface area contributed by atoms with Crippen molar-refractivity contribution in [2.75, 3.05) is 5.32 Å². The summed E-state index contributed by atoms with van der Waals surface area (Å²) in [5.41, 5.74) is 2.56. The summed E-state index contributed by atoms with van der Waals surface area (Å²) in [7, 11) is 0. The number of carbonyl (C=O) groups is 2. The molecule has 0 bridgehead atoms. The summed E-state index contributed by atoms with van der Waals surface area (Å²) in [4.78, 5) is 30.0. The SMILES string of the molecule is Cc1ccc(OCc2ccc(Cl)c(NC(=O)C(C(=O)C(C)(C)C)n3cnc(Cl)n3)c2)c(C)c1. The molecule has 33 heavy (non-hydrogen) atoms. The van der Waals surface area contributed by atoms with Crippen molar-refractivity contribution in [3.8, 4) is 5.75 Å². The molecule has 1 heterocycles. The van der Waals surface area contributed by atoms with Gasteiger partial charge < -0.3 is 10.1 Å². The third kappa shape index (κ3) is 6.12. The zero-order valence-electron chi connectivity index (χ0n) is 19.1. The summed E-state index contributed by atoms with van der Waals surface area (Å²) < 4.78 is 7.09. The van der Waals surface area contributed by atoms with Gasteiger partial charge in [0, 0.05) is 5.41 Å². The van der Waals surface area contributed by atoms with Crippen molar-refractivity contribution in [3.63, 3.8) is 0 Å². The molecule has 0 aliphatic heterocycles. The zero-order chi connectivity index (χ0) is 24.3. The Labute approximate surface area is 203 Å². The lowest BCUT2D eigenvalue weighted by Gasteiger charge is -2.24. The van der Waals surface area contributed by atoms with Crippen LogP contribution in [0, 0.1) is 19.3 Å². The van der Waals surface area contributed by atoms with Crippen molar-refractivity contribution in [2.24, 2.45) is 5.41 Å². The van der Waals surface area contributed by atoms with Crippen LogP contribution in [0.5, 0.6) is 5.75 Å². The van der Waals surface area contributed by atoms with Crippen LogP contribution >= 0.6 is 23.2 Å². The lowest BCUT2D eigenvalue weighted by Crippen LogP contribution is -2.39. The second-order valence-electron chi connectivity index (χ2n) is 8.87. The van der Waals surface area contributed by atoms with Crippen LogP contribution in [0.1, 0.15) is 43.5 Å². The first-order valence-corrected chi connectivity index (χ1v) is 11.1. The van der Waals surface area contributed by atoms with Crippen molar-refractivity contribution >= 4 is 40.6 Å². The molecule has 1 unspecified atom stereocenters. The lowest BCUT2D eigenvalue weighted by molar-refractivity contribution is -0.135. The van der Waals surface area contributed by atoms with E-state index < -0.39 is 17.4 Å². The lowest BCUT2D eigenvalue weighted by atomic mass is 9.86. The molecule has 0 aliphatic carbocycles. The summed E-state index contributed by atoms with van der Waals surface area (Å²) in [6.45, 7) is 9.48. The monoisotopic (exact) mass is 488 g/mol. The maximum Gasteiger partial charge on any atom is 0.257 e. The number of amides is 1. The van der Waals surface area contributed by atoms with Crippen LogP contribution < -0.4 is 10.1 Å². The fourth-order valence-corrected chi connectivity index (χ4v) is 3.52. The van der Waals surface area contributed by atoms with Gasteiger partial charge in [-0.25, -0.2) is 9.67 Å². The van der Waals surface area contributed by atoms with Gasteiger partial charge >= 0.3 is 0 Å². The van der Waals surface area contributed by atoms with Crippen molar-refractivity contribution in [3.05, 3.63) is 69.7 Å². The van der Waals surface area contributed by atoms with Gasteiger partial charge in [0.25, 0.3) is 5.91 Å². The number of nitrogens with zero attached hydrogens (tertiary/aromatic N) is 3. The van der Waals surface area contributed by atoms with E-state index in [-0.39, 0.29) is 17.7 Å². The van der Waals surface area contributed by atoms with Gasteiger partial charge in [0.15, 0.2) is 11.8 Å². The molecule has 0 saturated heterocycles. The molecule has 2 aromatic carbocycles. The van der Waals surface area contributed by atoms with Crippen molar-refractivity contribution in [1.82, 2.24) is 14.8 Å². The third-order valence-electron chi connectivity index (χ3n) is 4.99. The van der Waals surface area contributed by atoms with Crippen LogP contribution in [0.15, 0.2) is 42.7 Å². The number of carbonyl (C=O) groups excluding carboxylic acids is 2. The molecule has 174 valence electrons. The first kappa shape index (κ1) is 24.7. The number of rotatable bonds is 7. The average molecular weight is 489 g/mol. The Hall–Kier alpha value is -2.90. The Balaban J connectivity index is 1.81. The maximum atomic E-state index is 13.2. The van der Waals surface area contributed by atoms with Crippen molar-refractivity contribution in [2.45, 2.75) is 47.3 Å². The molecule has 3 rings (SSSR count). The molecule has 0 saturated carbocycles. The summed E-state index contributed by atoms with van der Waals surface area (Å²) in [5, 5.41) is 6.98. The van der Waals surface area contributed by atoms with E-state index in [4.69, 9.17) is 27.9 Å². The minimum absolute atomic E-state index is 0.0573. The topological polar surface area (TPSA) is 86.1 Å². The molecule has 1 atom stereocenters. The Bertz CT molecular complexity index is 1180. The van der Waals surface area contributed by atoms with Crippen molar-refractivity contribution in [1.29, 1.82) is 0 Å². The second kappa shape index (κ2) is 9.93. The number of ketones is 1. The number of Topliss-reactive ketones (excluding diaryl/α,β-unsaturated/α-hetero) is 1. The molecule has 0 radical (unpaired) electrons. The highest BCUT2D eigenvalue weighted by atomic mass is 35.5. The van der Waals surface area contributed by atoms with E-state index >= 15 is 0 Å². The normalized spacial score (nSPS) is 12.3. The molecule has 1 N–H and O–H groups in total. The molecule has 7 nitrogen and oxygen atoms in total. The summed E-state index contributed by atoms with van der Waals surface area (Å²) in [6, 6.07) is 9.91. The van der Waals surface area contributed by atoms with E-state index in [0.717, 1.165) is 27.1 Å². The van der Waals surface area contributed by atoms with E-state index in [1.807, 2.05) is 38.1 Å². The van der Waals surface area contributed by atoms with Crippen LogP contribution in [0.25, 0.3) is 0 Å². The van der Waals surface area contributed by atoms with E-state index in [2.05, 4.69) is 15.4 Å². The number of anilines is 1. The molecular weight excluding hydrogens is 463 g/mol. The first-order chi connectivity index (χ1) is 15.5. The fourth-order valence-electron chi connectivity index (χ4n) is 3.23. The highest BCUT2D eigenvalue weighted by Gasteiger charge is 2.37. The van der Waals surface area contributed by atoms with Gasteiger partial charge in [-0.3, -0.25) is 9.59 Å². The van der Waals surface area contributed by atoms with Gasteiger partial charge in [-0.05, 0) is 54.8 Å². The van der Waals surface area contributed by atoms with Crippen LogP contribution in [-0.4, -0.2) is 26.5 Å². The van der Waals surface area contributed by atoms with Crippen LogP contribution in [0.4, 0.5) is 5.69 Å². The summed E-state index contributed by atoms with van der Waals surface area (Å²) in [5.74, 6) is -0.155. The van der Waals surface area contributed by atoms with E-state index in [0.29, 0.717) is 10.7 Å². The average Bonchev–Trinajstić information content (AvgIpc) is 3.14. The molecule has 0 spiro atoms. The number of ether oxygens (including phenoxy) is 1. The first-order valence-electron chi connectivity index (χ1n) is 10.4. The predicted molar refractivity (Wildman–Crippen MR) is 129 cm³/mol. The minimum atomic E-state index is -1.25. The molecule has 0 aliphatic rings. The van der Waals surface area contributed by atoms with E-state index in [1.54, 1.807) is 32.9 Å². The van der Waals surface area contributed by atoms with Crippen molar-refractivity contribution < 1.29 is 14.3 Å².